The molecule has 0 spiro atoms. The number of piperidine rings is 1. The van der Waals surface area contributed by atoms with Gasteiger partial charge in [-0.05, 0) is 63.3 Å². The molecule has 0 aromatic heterocycles. The molecule has 2 rings (SSSR count). The van der Waals surface area contributed by atoms with Crippen LogP contribution in [0.1, 0.15) is 37.3 Å². The van der Waals surface area contributed by atoms with Crippen LogP contribution in [0.3, 0.4) is 0 Å². The fraction of sp³-hybridized carbons (Fsp3) is 0.588. The fourth-order valence-electron chi connectivity index (χ4n) is 2.84. The van der Waals surface area contributed by atoms with Crippen molar-refractivity contribution in [3.63, 3.8) is 0 Å². The SMILES string of the molecule is Cc1cc(C)cc(OCCNC(=O)N2CCCCC2C)c1. The second kappa shape index (κ2) is 7.34. The molecule has 1 aromatic rings. The number of hydrogen-bond donors (Lipinski definition) is 1. The number of nitrogens with zero attached hydrogens (tertiary/aromatic N) is 1. The van der Waals surface area contributed by atoms with Crippen molar-refractivity contribution in [3.05, 3.63) is 29.3 Å². The Hall–Kier alpha value is -1.71. The van der Waals surface area contributed by atoms with Gasteiger partial charge in [0.25, 0.3) is 0 Å². The van der Waals surface area contributed by atoms with Crippen LogP contribution in [0, 0.1) is 13.8 Å². The van der Waals surface area contributed by atoms with Crippen LogP contribution in [0.2, 0.25) is 0 Å². The Morgan fingerprint density at radius 2 is 2.00 bits per heavy atom. The first-order valence-corrected chi connectivity index (χ1v) is 7.82. The smallest absolute Gasteiger partial charge is 0.317 e. The van der Waals surface area contributed by atoms with Gasteiger partial charge in [-0.2, -0.15) is 0 Å². The van der Waals surface area contributed by atoms with E-state index in [1.54, 1.807) is 0 Å². The molecule has 4 heteroatoms. The number of nitrogens with one attached hydrogen (secondary N) is 1. The fourth-order valence-corrected chi connectivity index (χ4v) is 2.84. The van der Waals surface area contributed by atoms with Crippen molar-refractivity contribution >= 4 is 6.03 Å². The number of rotatable bonds is 4. The van der Waals surface area contributed by atoms with Gasteiger partial charge < -0.3 is 15.0 Å². The third kappa shape index (κ3) is 4.66. The molecular weight excluding hydrogens is 264 g/mol. The van der Waals surface area contributed by atoms with Crippen LogP contribution in [-0.2, 0) is 0 Å². The molecule has 1 atom stereocenters. The molecule has 1 saturated heterocycles. The second-order valence-corrected chi connectivity index (χ2v) is 5.94. The van der Waals surface area contributed by atoms with E-state index in [4.69, 9.17) is 4.74 Å². The summed E-state index contributed by atoms with van der Waals surface area (Å²) >= 11 is 0. The van der Waals surface area contributed by atoms with Crippen molar-refractivity contribution in [1.82, 2.24) is 10.2 Å². The van der Waals surface area contributed by atoms with Gasteiger partial charge in [0.2, 0.25) is 0 Å². The third-order valence-electron chi connectivity index (χ3n) is 3.91. The van der Waals surface area contributed by atoms with Gasteiger partial charge in [0.05, 0.1) is 6.54 Å². The Morgan fingerprint density at radius 1 is 1.29 bits per heavy atom. The topological polar surface area (TPSA) is 41.6 Å². The van der Waals surface area contributed by atoms with Gasteiger partial charge in [-0.15, -0.1) is 0 Å². The zero-order valence-corrected chi connectivity index (χ0v) is 13.3. The summed E-state index contributed by atoms with van der Waals surface area (Å²) < 4.78 is 5.70. The Bertz CT molecular complexity index is 467. The highest BCUT2D eigenvalue weighted by Crippen LogP contribution is 2.17. The van der Waals surface area contributed by atoms with E-state index in [2.05, 4.69) is 32.2 Å². The molecule has 1 N–H and O–H groups in total. The minimum absolute atomic E-state index is 0.0335. The second-order valence-electron chi connectivity index (χ2n) is 5.94. The van der Waals surface area contributed by atoms with Gasteiger partial charge in [0, 0.05) is 12.6 Å². The quantitative estimate of drug-likeness (QED) is 0.865. The van der Waals surface area contributed by atoms with Crippen LogP contribution >= 0.6 is 0 Å². The third-order valence-corrected chi connectivity index (χ3v) is 3.91. The average molecular weight is 290 g/mol. The molecule has 21 heavy (non-hydrogen) atoms. The normalized spacial score (nSPS) is 18.4. The van der Waals surface area contributed by atoms with E-state index >= 15 is 0 Å². The number of likely N-dealkylation sites (tertiary alicyclic amines) is 1. The van der Waals surface area contributed by atoms with Crippen LogP contribution in [0.4, 0.5) is 4.79 Å². The molecule has 0 aliphatic carbocycles. The lowest BCUT2D eigenvalue weighted by atomic mass is 10.0. The number of urea groups is 1. The van der Waals surface area contributed by atoms with E-state index < -0.39 is 0 Å². The Morgan fingerprint density at radius 3 is 2.67 bits per heavy atom. The molecule has 4 nitrogen and oxygen atoms in total. The first kappa shape index (κ1) is 15.7. The zero-order chi connectivity index (χ0) is 15.2. The lowest BCUT2D eigenvalue weighted by Crippen LogP contribution is -2.48. The Labute approximate surface area is 127 Å². The van der Waals surface area contributed by atoms with Gasteiger partial charge in [0.15, 0.2) is 0 Å². The molecule has 116 valence electrons. The van der Waals surface area contributed by atoms with Gasteiger partial charge in [-0.1, -0.05) is 6.07 Å². The lowest BCUT2D eigenvalue weighted by molar-refractivity contribution is 0.156. The molecule has 0 saturated carbocycles. The van der Waals surface area contributed by atoms with E-state index in [9.17, 15) is 4.79 Å². The van der Waals surface area contributed by atoms with Crippen LogP contribution < -0.4 is 10.1 Å². The zero-order valence-electron chi connectivity index (χ0n) is 13.3. The molecule has 1 aliphatic rings. The summed E-state index contributed by atoms with van der Waals surface area (Å²) in [6.07, 6.45) is 3.43. The number of carbonyl (C=O) groups is 1. The standard InChI is InChI=1S/C17H26N2O2/c1-13-10-14(2)12-16(11-13)21-9-7-18-17(20)19-8-5-4-6-15(19)3/h10-12,15H,4-9H2,1-3H3,(H,18,20). The summed E-state index contributed by atoms with van der Waals surface area (Å²) in [5.41, 5.74) is 2.38. The van der Waals surface area contributed by atoms with Gasteiger partial charge in [-0.3, -0.25) is 0 Å². The van der Waals surface area contributed by atoms with E-state index in [1.807, 2.05) is 17.0 Å². The van der Waals surface area contributed by atoms with Crippen molar-refractivity contribution in [2.75, 3.05) is 19.7 Å². The monoisotopic (exact) mass is 290 g/mol. The maximum absolute atomic E-state index is 12.1. The van der Waals surface area contributed by atoms with Crippen molar-refractivity contribution in [3.8, 4) is 5.75 Å². The Balaban J connectivity index is 1.72. The predicted molar refractivity (Wildman–Crippen MR) is 84.8 cm³/mol. The molecule has 1 aliphatic heterocycles. The van der Waals surface area contributed by atoms with Crippen LogP contribution in [0.15, 0.2) is 18.2 Å². The molecular formula is C17H26N2O2. The average Bonchev–Trinajstić information content (AvgIpc) is 2.43. The number of amides is 2. The minimum Gasteiger partial charge on any atom is -0.492 e. The van der Waals surface area contributed by atoms with Crippen molar-refractivity contribution in [2.24, 2.45) is 0 Å². The number of carbonyl (C=O) groups excluding carboxylic acids is 1. The van der Waals surface area contributed by atoms with Crippen LogP contribution in [0.25, 0.3) is 0 Å². The van der Waals surface area contributed by atoms with Gasteiger partial charge >= 0.3 is 6.03 Å². The molecule has 1 unspecified atom stereocenters. The molecule has 1 fully saturated rings. The first-order valence-electron chi connectivity index (χ1n) is 7.82. The van der Waals surface area contributed by atoms with Gasteiger partial charge in [0.1, 0.15) is 12.4 Å². The van der Waals surface area contributed by atoms with Crippen LogP contribution in [0.5, 0.6) is 5.75 Å². The highest BCUT2D eigenvalue weighted by atomic mass is 16.5. The summed E-state index contributed by atoms with van der Waals surface area (Å²) in [4.78, 5) is 14.0. The molecule has 2 amide bonds. The number of ether oxygens (including phenoxy) is 1. The Kier molecular flexibility index (Phi) is 5.48. The number of hydrogen-bond acceptors (Lipinski definition) is 2. The van der Waals surface area contributed by atoms with Crippen molar-refractivity contribution in [2.45, 2.75) is 46.1 Å². The summed E-state index contributed by atoms with van der Waals surface area (Å²) in [5.74, 6) is 0.869. The van der Waals surface area contributed by atoms with E-state index in [-0.39, 0.29) is 6.03 Å². The van der Waals surface area contributed by atoms with E-state index in [0.717, 1.165) is 25.1 Å². The number of benzene rings is 1. The molecule has 0 radical (unpaired) electrons. The minimum atomic E-state index is 0.0335. The molecule has 1 aromatic carbocycles. The summed E-state index contributed by atoms with van der Waals surface area (Å²) in [5, 5.41) is 2.94. The van der Waals surface area contributed by atoms with Crippen molar-refractivity contribution < 1.29 is 9.53 Å². The summed E-state index contributed by atoms with van der Waals surface area (Å²) in [7, 11) is 0. The molecule has 1 heterocycles. The van der Waals surface area contributed by atoms with E-state index in [1.165, 1.54) is 17.5 Å². The van der Waals surface area contributed by atoms with Crippen molar-refractivity contribution in [1.29, 1.82) is 0 Å². The first-order chi connectivity index (χ1) is 10.1. The van der Waals surface area contributed by atoms with E-state index in [0.29, 0.717) is 19.2 Å². The highest BCUT2D eigenvalue weighted by molar-refractivity contribution is 5.74. The van der Waals surface area contributed by atoms with Crippen LogP contribution in [-0.4, -0.2) is 36.7 Å². The maximum Gasteiger partial charge on any atom is 0.317 e. The predicted octanol–water partition coefficient (Wildman–Crippen LogP) is 3.27. The van der Waals surface area contributed by atoms with Gasteiger partial charge in [-0.25, -0.2) is 4.79 Å². The maximum atomic E-state index is 12.1. The number of aryl methyl sites for hydroxylation is 2. The summed E-state index contributed by atoms with van der Waals surface area (Å²) in [6, 6.07) is 6.53. The highest BCUT2D eigenvalue weighted by Gasteiger charge is 2.22. The lowest BCUT2D eigenvalue weighted by Gasteiger charge is -2.33. The molecule has 0 bridgehead atoms. The largest absolute Gasteiger partial charge is 0.492 e. The summed E-state index contributed by atoms with van der Waals surface area (Å²) in [6.45, 7) is 8.13.